The third-order valence-electron chi connectivity index (χ3n) is 3.35. The van der Waals surface area contributed by atoms with Crippen LogP contribution in [-0.4, -0.2) is 16.7 Å². The SMILES string of the molecule is O=C(Cc1nc2ccccc2o1)C(=O)Nc1cccc(C(F)(F)F)c1. The van der Waals surface area contributed by atoms with Gasteiger partial charge in [-0.2, -0.15) is 13.2 Å². The molecule has 0 bridgehead atoms. The van der Waals surface area contributed by atoms with Crippen LogP contribution in [0.5, 0.6) is 0 Å². The first-order valence-corrected chi connectivity index (χ1v) is 7.19. The Bertz CT molecular complexity index is 914. The van der Waals surface area contributed by atoms with Gasteiger partial charge in [-0.3, -0.25) is 9.59 Å². The van der Waals surface area contributed by atoms with Gasteiger partial charge in [0, 0.05) is 5.69 Å². The van der Waals surface area contributed by atoms with E-state index in [9.17, 15) is 22.8 Å². The van der Waals surface area contributed by atoms with Crippen molar-refractivity contribution in [2.45, 2.75) is 12.6 Å². The van der Waals surface area contributed by atoms with Crippen LogP contribution < -0.4 is 5.32 Å². The summed E-state index contributed by atoms with van der Waals surface area (Å²) in [5.41, 5.74) is -0.0189. The lowest BCUT2D eigenvalue weighted by Crippen LogP contribution is -2.24. The summed E-state index contributed by atoms with van der Waals surface area (Å²) in [6.07, 6.45) is -4.93. The smallest absolute Gasteiger partial charge is 0.416 e. The number of anilines is 1. The van der Waals surface area contributed by atoms with E-state index in [1.807, 2.05) is 0 Å². The van der Waals surface area contributed by atoms with Crippen LogP contribution >= 0.6 is 0 Å². The maximum Gasteiger partial charge on any atom is 0.416 e. The molecule has 2 aromatic carbocycles. The Balaban J connectivity index is 1.69. The molecule has 0 spiro atoms. The molecule has 0 saturated heterocycles. The number of fused-ring (bicyclic) bond motifs is 1. The van der Waals surface area contributed by atoms with Crippen molar-refractivity contribution in [3.63, 3.8) is 0 Å². The van der Waals surface area contributed by atoms with E-state index in [0.29, 0.717) is 11.1 Å². The highest BCUT2D eigenvalue weighted by Gasteiger charge is 2.30. The van der Waals surface area contributed by atoms with Crippen LogP contribution in [0.25, 0.3) is 11.1 Å². The first kappa shape index (κ1) is 16.7. The molecule has 8 heteroatoms. The Hall–Kier alpha value is -3.16. The van der Waals surface area contributed by atoms with Crippen LogP contribution in [0.4, 0.5) is 18.9 Å². The minimum Gasteiger partial charge on any atom is -0.440 e. The van der Waals surface area contributed by atoms with Gasteiger partial charge in [0.2, 0.25) is 11.7 Å². The van der Waals surface area contributed by atoms with E-state index >= 15 is 0 Å². The fourth-order valence-electron chi connectivity index (χ4n) is 2.19. The minimum atomic E-state index is -4.54. The molecule has 3 aromatic rings. The number of hydrogen-bond donors (Lipinski definition) is 1. The highest BCUT2D eigenvalue weighted by molar-refractivity contribution is 6.40. The minimum absolute atomic E-state index is 0.0605. The predicted molar refractivity (Wildman–Crippen MR) is 82.8 cm³/mol. The first-order valence-electron chi connectivity index (χ1n) is 7.19. The number of halogens is 3. The van der Waals surface area contributed by atoms with E-state index in [-0.39, 0.29) is 18.0 Å². The molecule has 1 N–H and O–H groups in total. The van der Waals surface area contributed by atoms with Gasteiger partial charge in [-0.25, -0.2) is 4.98 Å². The van der Waals surface area contributed by atoms with Crippen molar-refractivity contribution in [2.75, 3.05) is 5.32 Å². The number of nitrogens with one attached hydrogen (secondary N) is 1. The van der Waals surface area contributed by atoms with Gasteiger partial charge in [-0.15, -0.1) is 0 Å². The van der Waals surface area contributed by atoms with Gasteiger partial charge in [-0.1, -0.05) is 18.2 Å². The van der Waals surface area contributed by atoms with Crippen molar-refractivity contribution in [1.29, 1.82) is 0 Å². The number of amides is 1. The number of rotatable bonds is 4. The van der Waals surface area contributed by atoms with Gasteiger partial charge in [0.1, 0.15) is 5.52 Å². The van der Waals surface area contributed by atoms with E-state index in [4.69, 9.17) is 4.42 Å². The Morgan fingerprint density at radius 1 is 1.08 bits per heavy atom. The molecule has 0 aliphatic carbocycles. The summed E-state index contributed by atoms with van der Waals surface area (Å²) in [6, 6.07) is 10.9. The summed E-state index contributed by atoms with van der Waals surface area (Å²) >= 11 is 0. The summed E-state index contributed by atoms with van der Waals surface area (Å²) in [5, 5.41) is 2.15. The number of carbonyl (C=O) groups is 2. The van der Waals surface area contributed by atoms with Crippen molar-refractivity contribution >= 4 is 28.5 Å². The van der Waals surface area contributed by atoms with Crippen molar-refractivity contribution in [3.05, 3.63) is 60.0 Å². The first-order chi connectivity index (χ1) is 11.8. The largest absolute Gasteiger partial charge is 0.440 e. The molecule has 0 aliphatic rings. The molecule has 5 nitrogen and oxygen atoms in total. The van der Waals surface area contributed by atoms with Gasteiger partial charge in [0.25, 0.3) is 5.91 Å². The standard InChI is InChI=1S/C17H11F3N2O3/c18-17(19,20)10-4-3-5-11(8-10)21-16(24)13(23)9-15-22-12-6-1-2-7-14(12)25-15/h1-8H,9H2,(H,21,24). The Kier molecular flexibility index (Phi) is 4.26. The monoisotopic (exact) mass is 348 g/mol. The lowest BCUT2D eigenvalue weighted by Gasteiger charge is -2.09. The quantitative estimate of drug-likeness (QED) is 0.731. The fraction of sp³-hybridized carbons (Fsp3) is 0.118. The summed E-state index contributed by atoms with van der Waals surface area (Å²) in [7, 11) is 0. The zero-order valence-electron chi connectivity index (χ0n) is 12.6. The number of ketones is 1. The summed E-state index contributed by atoms with van der Waals surface area (Å²) in [4.78, 5) is 27.9. The molecule has 128 valence electrons. The number of para-hydroxylation sites is 2. The molecule has 3 rings (SSSR count). The zero-order chi connectivity index (χ0) is 18.0. The number of carbonyl (C=O) groups excluding carboxylic acids is 2. The molecular weight excluding hydrogens is 337 g/mol. The van der Waals surface area contributed by atoms with Crippen LogP contribution in [0, 0.1) is 0 Å². The number of oxazole rings is 1. The zero-order valence-corrected chi connectivity index (χ0v) is 12.6. The second-order valence-electron chi connectivity index (χ2n) is 5.21. The number of nitrogens with zero attached hydrogens (tertiary/aromatic N) is 1. The molecule has 0 atom stereocenters. The van der Waals surface area contributed by atoms with E-state index in [1.54, 1.807) is 24.3 Å². The number of benzene rings is 2. The van der Waals surface area contributed by atoms with Gasteiger partial charge in [0.15, 0.2) is 5.58 Å². The van der Waals surface area contributed by atoms with Crippen LogP contribution in [0.15, 0.2) is 52.9 Å². The van der Waals surface area contributed by atoms with Crippen LogP contribution in [0.1, 0.15) is 11.5 Å². The Morgan fingerprint density at radius 3 is 2.56 bits per heavy atom. The molecule has 0 unspecified atom stereocenters. The van der Waals surface area contributed by atoms with Crippen molar-refractivity contribution < 1.29 is 27.2 Å². The third kappa shape index (κ3) is 3.85. The maximum absolute atomic E-state index is 12.7. The van der Waals surface area contributed by atoms with Crippen LogP contribution in [0.2, 0.25) is 0 Å². The lowest BCUT2D eigenvalue weighted by atomic mass is 10.2. The topological polar surface area (TPSA) is 72.2 Å². The van der Waals surface area contributed by atoms with Gasteiger partial charge in [-0.05, 0) is 30.3 Å². The highest BCUT2D eigenvalue weighted by Crippen LogP contribution is 2.30. The highest BCUT2D eigenvalue weighted by atomic mass is 19.4. The Labute approximate surface area is 139 Å². The van der Waals surface area contributed by atoms with Crippen molar-refractivity contribution in [3.8, 4) is 0 Å². The number of hydrogen-bond acceptors (Lipinski definition) is 4. The van der Waals surface area contributed by atoms with Crippen molar-refractivity contribution in [1.82, 2.24) is 4.98 Å². The number of alkyl halides is 3. The molecule has 1 aromatic heterocycles. The van der Waals surface area contributed by atoms with E-state index in [2.05, 4.69) is 10.3 Å². The Morgan fingerprint density at radius 2 is 1.84 bits per heavy atom. The van der Waals surface area contributed by atoms with Crippen molar-refractivity contribution in [2.24, 2.45) is 0 Å². The van der Waals surface area contributed by atoms with E-state index < -0.39 is 23.4 Å². The van der Waals surface area contributed by atoms with Crippen LogP contribution in [0.3, 0.4) is 0 Å². The average molecular weight is 348 g/mol. The molecule has 0 radical (unpaired) electrons. The molecule has 0 fully saturated rings. The van der Waals surface area contributed by atoms with E-state index in [0.717, 1.165) is 18.2 Å². The summed E-state index contributed by atoms with van der Waals surface area (Å²) < 4.78 is 43.3. The molecule has 1 amide bonds. The molecule has 0 aliphatic heterocycles. The van der Waals surface area contributed by atoms with E-state index in [1.165, 1.54) is 6.07 Å². The van der Waals surface area contributed by atoms with Gasteiger partial charge >= 0.3 is 6.18 Å². The van der Waals surface area contributed by atoms with Gasteiger partial charge in [0.05, 0.1) is 12.0 Å². The van der Waals surface area contributed by atoms with Crippen LogP contribution in [-0.2, 0) is 22.2 Å². The number of aromatic nitrogens is 1. The molecule has 0 saturated carbocycles. The second kappa shape index (κ2) is 6.39. The molecular formula is C17H11F3N2O3. The summed E-state index contributed by atoms with van der Waals surface area (Å²) in [6.45, 7) is 0. The molecule has 25 heavy (non-hydrogen) atoms. The fourth-order valence-corrected chi connectivity index (χ4v) is 2.19. The normalized spacial score (nSPS) is 11.5. The summed E-state index contributed by atoms with van der Waals surface area (Å²) in [5.74, 6) is -1.85. The maximum atomic E-state index is 12.7. The van der Waals surface area contributed by atoms with Gasteiger partial charge < -0.3 is 9.73 Å². The third-order valence-corrected chi connectivity index (χ3v) is 3.35. The average Bonchev–Trinajstić information content (AvgIpc) is 2.96. The molecule has 1 heterocycles. The second-order valence-corrected chi connectivity index (χ2v) is 5.21. The number of Topliss-reactive ketones (excluding diaryl/α,β-unsaturated/α-hetero) is 1. The predicted octanol–water partition coefficient (Wildman–Crippen LogP) is 3.60. The lowest BCUT2D eigenvalue weighted by molar-refractivity contribution is -0.137.